The van der Waals surface area contributed by atoms with Gasteiger partial charge in [0.05, 0.1) is 0 Å². The topological polar surface area (TPSA) is 79.7 Å². The molecule has 2 aromatic rings. The third-order valence-electron chi connectivity index (χ3n) is 2.95. The van der Waals surface area contributed by atoms with Crippen molar-refractivity contribution in [2.75, 3.05) is 4.90 Å². The van der Waals surface area contributed by atoms with E-state index in [0.29, 0.717) is 10.3 Å². The van der Waals surface area contributed by atoms with Crippen LogP contribution in [-0.2, 0) is 4.74 Å². The van der Waals surface area contributed by atoms with E-state index in [0.717, 1.165) is 15.4 Å². The van der Waals surface area contributed by atoms with E-state index in [2.05, 4.69) is 20.9 Å². The summed E-state index contributed by atoms with van der Waals surface area (Å²) in [6, 6.07) is 5.45. The van der Waals surface area contributed by atoms with Crippen LogP contribution in [0.2, 0.25) is 0 Å². The van der Waals surface area contributed by atoms with E-state index >= 15 is 0 Å². The molecule has 0 fully saturated rings. The molecule has 23 heavy (non-hydrogen) atoms. The van der Waals surface area contributed by atoms with Crippen molar-refractivity contribution < 1.29 is 19.4 Å². The third kappa shape index (κ3) is 3.79. The number of aryl methyl sites for hydroxylation is 1. The number of amides is 2. The van der Waals surface area contributed by atoms with E-state index in [4.69, 9.17) is 4.74 Å². The van der Waals surface area contributed by atoms with Gasteiger partial charge in [-0.2, -0.15) is 4.90 Å². The van der Waals surface area contributed by atoms with Gasteiger partial charge in [0, 0.05) is 21.4 Å². The van der Waals surface area contributed by atoms with E-state index in [1.807, 2.05) is 19.1 Å². The van der Waals surface area contributed by atoms with Gasteiger partial charge in [0.15, 0.2) is 5.82 Å². The number of carboxylic acid groups (broad SMARTS) is 1. The fourth-order valence-corrected chi connectivity index (χ4v) is 2.48. The Morgan fingerprint density at radius 2 is 1.91 bits per heavy atom. The largest absolute Gasteiger partial charge is 0.464 e. The minimum Gasteiger partial charge on any atom is -0.464 e. The first-order chi connectivity index (χ1) is 10.6. The summed E-state index contributed by atoms with van der Waals surface area (Å²) in [6.07, 6.45) is -0.963. The summed E-state index contributed by atoms with van der Waals surface area (Å²) < 4.78 is 5.89. The summed E-state index contributed by atoms with van der Waals surface area (Å²) >= 11 is 3.39. The molecule has 0 saturated carbocycles. The number of imide groups is 1. The van der Waals surface area contributed by atoms with Gasteiger partial charge in [-0.05, 0) is 43.6 Å². The highest BCUT2D eigenvalue weighted by molar-refractivity contribution is 9.10. The minimum absolute atomic E-state index is 0.0185. The van der Waals surface area contributed by atoms with Crippen LogP contribution in [0.5, 0.6) is 0 Å². The van der Waals surface area contributed by atoms with Crippen LogP contribution in [0.25, 0.3) is 10.8 Å². The number of benzene rings is 1. The van der Waals surface area contributed by atoms with E-state index in [9.17, 15) is 14.7 Å². The van der Waals surface area contributed by atoms with Crippen LogP contribution in [0.15, 0.2) is 28.9 Å². The summed E-state index contributed by atoms with van der Waals surface area (Å²) in [5.41, 5.74) is 0.196. The van der Waals surface area contributed by atoms with Crippen molar-refractivity contribution in [3.8, 4) is 0 Å². The average Bonchev–Trinajstić information content (AvgIpc) is 2.39. The molecule has 0 saturated heterocycles. The SMILES string of the molecule is Cc1ccc2c(N(C(=O)O)C(=O)OC(C)(C)C)ncc(Br)c2c1. The normalized spacial score (nSPS) is 11.3. The van der Waals surface area contributed by atoms with Gasteiger partial charge in [-0.3, -0.25) is 0 Å². The molecule has 0 aliphatic rings. The molecule has 6 nitrogen and oxygen atoms in total. The predicted octanol–water partition coefficient (Wildman–Crippen LogP) is 4.73. The van der Waals surface area contributed by atoms with Gasteiger partial charge in [0.1, 0.15) is 5.60 Å². The monoisotopic (exact) mass is 380 g/mol. The zero-order valence-corrected chi connectivity index (χ0v) is 14.8. The van der Waals surface area contributed by atoms with Crippen molar-refractivity contribution >= 4 is 44.7 Å². The van der Waals surface area contributed by atoms with Crippen LogP contribution in [0.3, 0.4) is 0 Å². The van der Waals surface area contributed by atoms with Gasteiger partial charge in [-0.15, -0.1) is 0 Å². The van der Waals surface area contributed by atoms with E-state index in [1.165, 1.54) is 6.20 Å². The molecule has 2 amide bonds. The summed E-state index contributed by atoms with van der Waals surface area (Å²) in [4.78, 5) is 28.5. The van der Waals surface area contributed by atoms with E-state index in [-0.39, 0.29) is 5.82 Å². The first kappa shape index (κ1) is 17.2. The van der Waals surface area contributed by atoms with Crippen LogP contribution in [0.4, 0.5) is 15.4 Å². The van der Waals surface area contributed by atoms with Crippen molar-refractivity contribution in [2.45, 2.75) is 33.3 Å². The number of halogens is 1. The molecule has 2 rings (SSSR count). The Labute approximate surface area is 142 Å². The summed E-state index contributed by atoms with van der Waals surface area (Å²) in [5, 5.41) is 10.8. The van der Waals surface area contributed by atoms with Gasteiger partial charge in [0.2, 0.25) is 0 Å². The van der Waals surface area contributed by atoms with Crippen molar-refractivity contribution in [2.24, 2.45) is 0 Å². The number of carbonyl (C=O) groups is 2. The first-order valence-corrected chi connectivity index (χ1v) is 7.70. The molecule has 0 spiro atoms. The number of pyridine rings is 1. The first-order valence-electron chi connectivity index (χ1n) is 6.91. The van der Waals surface area contributed by atoms with E-state index in [1.54, 1.807) is 26.8 Å². The summed E-state index contributed by atoms with van der Waals surface area (Å²) in [7, 11) is 0. The Balaban J connectivity index is 2.61. The maximum Gasteiger partial charge on any atom is 0.425 e. The number of fused-ring (bicyclic) bond motifs is 1. The molecule has 1 aromatic carbocycles. The lowest BCUT2D eigenvalue weighted by atomic mass is 10.1. The van der Waals surface area contributed by atoms with Gasteiger partial charge in [-0.1, -0.05) is 23.8 Å². The highest BCUT2D eigenvalue weighted by Gasteiger charge is 2.31. The van der Waals surface area contributed by atoms with Gasteiger partial charge in [-0.25, -0.2) is 14.6 Å². The number of hydrogen-bond acceptors (Lipinski definition) is 4. The fourth-order valence-electron chi connectivity index (χ4n) is 2.05. The molecule has 7 heteroatoms. The second-order valence-corrected chi connectivity index (χ2v) is 6.93. The standard InChI is InChI=1S/C16H17BrN2O4/c1-9-5-6-10-11(7-9)12(17)8-18-13(10)19(14(20)21)15(22)23-16(2,3)4/h5-8H,1-4H3,(H,20,21). The minimum atomic E-state index is -1.45. The number of nitrogens with zero attached hydrogens (tertiary/aromatic N) is 2. The van der Waals surface area contributed by atoms with Crippen molar-refractivity contribution in [1.29, 1.82) is 0 Å². The van der Waals surface area contributed by atoms with Crippen LogP contribution in [0, 0.1) is 6.92 Å². The molecule has 0 radical (unpaired) electrons. The molecule has 0 atom stereocenters. The Morgan fingerprint density at radius 1 is 1.26 bits per heavy atom. The summed E-state index contributed by atoms with van der Waals surface area (Å²) in [6.45, 7) is 6.93. The zero-order chi connectivity index (χ0) is 17.4. The van der Waals surface area contributed by atoms with Gasteiger partial charge in [0.25, 0.3) is 0 Å². The van der Waals surface area contributed by atoms with Crippen LogP contribution >= 0.6 is 15.9 Å². The molecule has 1 heterocycles. The fraction of sp³-hybridized carbons (Fsp3) is 0.312. The highest BCUT2D eigenvalue weighted by Crippen LogP contribution is 2.31. The van der Waals surface area contributed by atoms with Gasteiger partial charge >= 0.3 is 12.2 Å². The Hall–Kier alpha value is -2.15. The van der Waals surface area contributed by atoms with Gasteiger partial charge < -0.3 is 9.84 Å². The van der Waals surface area contributed by atoms with Crippen molar-refractivity contribution in [1.82, 2.24) is 4.98 Å². The Kier molecular flexibility index (Phi) is 4.61. The third-order valence-corrected chi connectivity index (χ3v) is 3.58. The Bertz CT molecular complexity index is 783. The van der Waals surface area contributed by atoms with Crippen LogP contribution in [0.1, 0.15) is 26.3 Å². The number of ether oxygens (including phenoxy) is 1. The van der Waals surface area contributed by atoms with Crippen LogP contribution < -0.4 is 4.90 Å². The lowest BCUT2D eigenvalue weighted by Crippen LogP contribution is -2.40. The maximum atomic E-state index is 12.3. The predicted molar refractivity (Wildman–Crippen MR) is 90.9 cm³/mol. The molecule has 122 valence electrons. The molecular weight excluding hydrogens is 364 g/mol. The second-order valence-electron chi connectivity index (χ2n) is 6.08. The Morgan fingerprint density at radius 3 is 2.48 bits per heavy atom. The molecule has 0 unspecified atom stereocenters. The molecule has 0 aliphatic heterocycles. The maximum absolute atomic E-state index is 12.3. The van der Waals surface area contributed by atoms with Crippen molar-refractivity contribution in [3.63, 3.8) is 0 Å². The number of anilines is 1. The highest BCUT2D eigenvalue weighted by atomic mass is 79.9. The average molecular weight is 381 g/mol. The molecule has 1 aromatic heterocycles. The quantitative estimate of drug-likeness (QED) is 0.773. The number of hydrogen-bond donors (Lipinski definition) is 1. The molecule has 0 bridgehead atoms. The number of aromatic nitrogens is 1. The van der Waals surface area contributed by atoms with Crippen LogP contribution in [-0.4, -0.2) is 27.9 Å². The smallest absolute Gasteiger partial charge is 0.425 e. The lowest BCUT2D eigenvalue weighted by Gasteiger charge is -2.24. The lowest BCUT2D eigenvalue weighted by molar-refractivity contribution is 0.0581. The van der Waals surface area contributed by atoms with E-state index < -0.39 is 17.8 Å². The second kappa shape index (κ2) is 6.16. The van der Waals surface area contributed by atoms with Crippen molar-refractivity contribution in [3.05, 3.63) is 34.4 Å². The number of carbonyl (C=O) groups excluding carboxylic acids is 1. The summed E-state index contributed by atoms with van der Waals surface area (Å²) in [5.74, 6) is 0.0185. The number of rotatable bonds is 1. The molecular formula is C16H17BrN2O4. The molecule has 0 aliphatic carbocycles. The zero-order valence-electron chi connectivity index (χ0n) is 13.3. The molecule has 1 N–H and O–H groups in total.